The molecule has 1 aliphatic heterocycles. The molecule has 3 nitrogen and oxygen atoms in total. The van der Waals surface area contributed by atoms with Gasteiger partial charge in [-0.3, -0.25) is 4.79 Å². The summed E-state index contributed by atoms with van der Waals surface area (Å²) >= 11 is 0. The zero-order chi connectivity index (χ0) is 7.56. The molecule has 1 unspecified atom stereocenters. The molecule has 0 bridgehead atoms. The third-order valence-electron chi connectivity index (χ3n) is 1.78. The van der Waals surface area contributed by atoms with Crippen LogP contribution < -0.4 is 0 Å². The quantitative estimate of drug-likeness (QED) is 0.525. The summed E-state index contributed by atoms with van der Waals surface area (Å²) in [5, 5.41) is 8.47. The molecule has 1 heterocycles. The van der Waals surface area contributed by atoms with Crippen LogP contribution in [-0.4, -0.2) is 23.9 Å². The highest BCUT2D eigenvalue weighted by molar-refractivity contribution is 5.79. The number of nitrogens with zero attached hydrogens (tertiary/aromatic N) is 2. The molecule has 0 aromatic heterocycles. The molecule has 1 fully saturated rings. The molecule has 1 atom stereocenters. The van der Waals surface area contributed by atoms with E-state index in [4.69, 9.17) is 5.26 Å². The van der Waals surface area contributed by atoms with E-state index in [9.17, 15) is 4.79 Å². The normalized spacial score (nSPS) is 25.0. The molecule has 0 radical (unpaired) electrons. The molecule has 0 spiro atoms. The third-order valence-corrected chi connectivity index (χ3v) is 1.78. The topological polar surface area (TPSA) is 44.1 Å². The molecule has 1 saturated heterocycles. The lowest BCUT2D eigenvalue weighted by Gasteiger charge is -2.10. The summed E-state index contributed by atoms with van der Waals surface area (Å²) in [4.78, 5) is 12.7. The fourth-order valence-electron chi connectivity index (χ4n) is 1.16. The van der Waals surface area contributed by atoms with Gasteiger partial charge in [-0.05, 0) is 6.92 Å². The van der Waals surface area contributed by atoms with Gasteiger partial charge in [-0.25, -0.2) is 0 Å². The lowest BCUT2D eigenvalue weighted by atomic mass is 10.1. The number of carbonyl (C=O) groups is 1. The molecule has 0 saturated carbocycles. The van der Waals surface area contributed by atoms with Crippen LogP contribution in [0.5, 0.6) is 0 Å². The molecule has 54 valence electrons. The van der Waals surface area contributed by atoms with Crippen molar-refractivity contribution in [2.45, 2.75) is 13.3 Å². The number of nitriles is 1. The Kier molecular flexibility index (Phi) is 1.91. The monoisotopic (exact) mass is 138 g/mol. The van der Waals surface area contributed by atoms with Crippen LogP contribution in [0.2, 0.25) is 0 Å². The molecule has 0 aliphatic carbocycles. The van der Waals surface area contributed by atoms with E-state index in [2.05, 4.69) is 6.07 Å². The standard InChI is InChI=1S/C7H10N2O/c1-2-9-5-6(4-8)3-7(9)10/h6H,2-3,5H2,1H3. The Morgan fingerprint density at radius 3 is 2.90 bits per heavy atom. The summed E-state index contributed by atoms with van der Waals surface area (Å²) in [5.41, 5.74) is 0. The lowest BCUT2D eigenvalue weighted by Crippen LogP contribution is -2.24. The van der Waals surface area contributed by atoms with Gasteiger partial charge in [0.2, 0.25) is 5.91 Å². The molecular weight excluding hydrogens is 128 g/mol. The van der Waals surface area contributed by atoms with Crippen LogP contribution >= 0.6 is 0 Å². The van der Waals surface area contributed by atoms with Crippen LogP contribution in [0.1, 0.15) is 13.3 Å². The van der Waals surface area contributed by atoms with Gasteiger partial charge in [0.05, 0.1) is 12.0 Å². The van der Waals surface area contributed by atoms with Gasteiger partial charge in [0.1, 0.15) is 0 Å². The summed E-state index contributed by atoms with van der Waals surface area (Å²) in [6.07, 6.45) is 0.421. The second-order valence-corrected chi connectivity index (χ2v) is 2.46. The Hall–Kier alpha value is -1.04. The van der Waals surface area contributed by atoms with Crippen molar-refractivity contribution in [1.29, 1.82) is 5.26 Å². The Bertz CT molecular complexity index is 183. The molecule has 0 aromatic rings. The molecule has 1 aliphatic rings. The van der Waals surface area contributed by atoms with Crippen molar-refractivity contribution < 1.29 is 4.79 Å². The van der Waals surface area contributed by atoms with Gasteiger partial charge >= 0.3 is 0 Å². The van der Waals surface area contributed by atoms with E-state index in [1.54, 1.807) is 4.90 Å². The average molecular weight is 138 g/mol. The van der Waals surface area contributed by atoms with E-state index in [1.165, 1.54) is 0 Å². The third kappa shape index (κ3) is 1.10. The maximum atomic E-state index is 10.9. The first-order valence-electron chi connectivity index (χ1n) is 3.45. The zero-order valence-electron chi connectivity index (χ0n) is 6.00. The first kappa shape index (κ1) is 7.07. The van der Waals surface area contributed by atoms with Crippen molar-refractivity contribution in [3.63, 3.8) is 0 Å². The summed E-state index contributed by atoms with van der Waals surface area (Å²) in [6.45, 7) is 3.29. The number of amides is 1. The second-order valence-electron chi connectivity index (χ2n) is 2.46. The van der Waals surface area contributed by atoms with E-state index in [0.29, 0.717) is 13.0 Å². The predicted molar refractivity (Wildman–Crippen MR) is 36.0 cm³/mol. The Morgan fingerprint density at radius 2 is 2.60 bits per heavy atom. The highest BCUT2D eigenvalue weighted by atomic mass is 16.2. The van der Waals surface area contributed by atoms with Gasteiger partial charge in [-0.2, -0.15) is 5.26 Å². The number of hydrogen-bond acceptors (Lipinski definition) is 2. The van der Waals surface area contributed by atoms with Crippen molar-refractivity contribution >= 4 is 5.91 Å². The van der Waals surface area contributed by atoms with Gasteiger partial charge in [0.25, 0.3) is 0 Å². The average Bonchev–Trinajstić information content (AvgIpc) is 2.30. The largest absolute Gasteiger partial charge is 0.342 e. The Morgan fingerprint density at radius 1 is 1.90 bits per heavy atom. The minimum atomic E-state index is -0.0625. The van der Waals surface area contributed by atoms with Crippen molar-refractivity contribution in [3.8, 4) is 6.07 Å². The van der Waals surface area contributed by atoms with Crippen molar-refractivity contribution in [1.82, 2.24) is 4.90 Å². The summed E-state index contributed by atoms with van der Waals surface area (Å²) in [6, 6.07) is 2.10. The summed E-state index contributed by atoms with van der Waals surface area (Å²) in [7, 11) is 0. The minimum absolute atomic E-state index is 0.0625. The molecular formula is C7H10N2O. The molecule has 3 heteroatoms. The van der Waals surface area contributed by atoms with Gasteiger partial charge in [-0.15, -0.1) is 0 Å². The maximum Gasteiger partial charge on any atom is 0.223 e. The maximum absolute atomic E-state index is 10.9. The molecule has 10 heavy (non-hydrogen) atoms. The minimum Gasteiger partial charge on any atom is -0.342 e. The van der Waals surface area contributed by atoms with E-state index in [0.717, 1.165) is 6.54 Å². The van der Waals surface area contributed by atoms with E-state index in [-0.39, 0.29) is 11.8 Å². The van der Waals surface area contributed by atoms with Crippen LogP contribution in [0.4, 0.5) is 0 Å². The summed E-state index contributed by atoms with van der Waals surface area (Å²) in [5.74, 6) is 0.0569. The van der Waals surface area contributed by atoms with Gasteiger partial charge < -0.3 is 4.90 Å². The van der Waals surface area contributed by atoms with E-state index < -0.39 is 0 Å². The molecule has 1 rings (SSSR count). The van der Waals surface area contributed by atoms with Gasteiger partial charge in [-0.1, -0.05) is 0 Å². The zero-order valence-corrected chi connectivity index (χ0v) is 6.00. The SMILES string of the molecule is CCN1CC(C#N)CC1=O. The van der Waals surface area contributed by atoms with Crippen LogP contribution in [0, 0.1) is 17.2 Å². The van der Waals surface area contributed by atoms with Crippen molar-refractivity contribution in [3.05, 3.63) is 0 Å². The summed E-state index contributed by atoms with van der Waals surface area (Å²) < 4.78 is 0. The number of carbonyl (C=O) groups excluding carboxylic acids is 1. The molecule has 1 amide bonds. The van der Waals surface area contributed by atoms with Gasteiger partial charge in [0.15, 0.2) is 0 Å². The second kappa shape index (κ2) is 2.70. The number of hydrogen-bond donors (Lipinski definition) is 0. The lowest BCUT2D eigenvalue weighted by molar-refractivity contribution is -0.127. The highest BCUT2D eigenvalue weighted by Crippen LogP contribution is 2.15. The van der Waals surface area contributed by atoms with Crippen LogP contribution in [0.25, 0.3) is 0 Å². The van der Waals surface area contributed by atoms with E-state index in [1.807, 2.05) is 6.92 Å². The first-order valence-corrected chi connectivity index (χ1v) is 3.45. The van der Waals surface area contributed by atoms with Crippen LogP contribution in [0.15, 0.2) is 0 Å². The molecule has 0 N–H and O–H groups in total. The smallest absolute Gasteiger partial charge is 0.223 e. The van der Waals surface area contributed by atoms with Crippen LogP contribution in [-0.2, 0) is 4.79 Å². The first-order chi connectivity index (χ1) is 4.77. The molecule has 0 aromatic carbocycles. The highest BCUT2D eigenvalue weighted by Gasteiger charge is 2.27. The number of rotatable bonds is 1. The van der Waals surface area contributed by atoms with E-state index >= 15 is 0 Å². The van der Waals surface area contributed by atoms with Gasteiger partial charge in [0, 0.05) is 19.5 Å². The Balaban J connectivity index is 2.54. The number of likely N-dealkylation sites (tertiary alicyclic amines) is 1. The Labute approximate surface area is 60.2 Å². The predicted octanol–water partition coefficient (Wildman–Crippen LogP) is 0.378. The van der Waals surface area contributed by atoms with Crippen molar-refractivity contribution in [2.24, 2.45) is 5.92 Å². The van der Waals surface area contributed by atoms with Crippen LogP contribution in [0.3, 0.4) is 0 Å². The van der Waals surface area contributed by atoms with Crippen molar-refractivity contribution in [2.75, 3.05) is 13.1 Å². The fourth-order valence-corrected chi connectivity index (χ4v) is 1.16. The fraction of sp³-hybridized carbons (Fsp3) is 0.714.